The Bertz CT molecular complexity index is 3020. The Morgan fingerprint density at radius 1 is 0.404 bits per heavy atom. The first kappa shape index (κ1) is 33.0. The van der Waals surface area contributed by atoms with Crippen LogP contribution in [0.1, 0.15) is 22.6 Å². The molecule has 0 amide bonds. The van der Waals surface area contributed by atoms with Gasteiger partial charge < -0.3 is 4.42 Å². The lowest BCUT2D eigenvalue weighted by Crippen LogP contribution is -2.12. The molecule has 0 aliphatic heterocycles. The molecule has 0 fully saturated rings. The van der Waals surface area contributed by atoms with Crippen LogP contribution in [0.2, 0.25) is 0 Å². The molecular formula is C54H36N2O. The smallest absolute Gasteiger partial charge is 0.160 e. The van der Waals surface area contributed by atoms with Crippen LogP contribution in [0.25, 0.3) is 89.2 Å². The van der Waals surface area contributed by atoms with E-state index in [-0.39, 0.29) is 5.92 Å². The summed E-state index contributed by atoms with van der Waals surface area (Å²) < 4.78 is 7.05. The molecular weight excluding hydrogens is 693 g/mol. The molecule has 0 saturated carbocycles. The molecule has 0 N–H and O–H groups in total. The van der Waals surface area contributed by atoms with Crippen molar-refractivity contribution in [2.75, 3.05) is 0 Å². The topological polar surface area (TPSA) is 38.9 Å². The second kappa shape index (κ2) is 13.7. The van der Waals surface area contributed by atoms with Crippen LogP contribution in [0.15, 0.2) is 205 Å². The molecule has 2 aromatic heterocycles. The minimum Gasteiger partial charge on any atom is -0.456 e. The van der Waals surface area contributed by atoms with Gasteiger partial charge in [-0.3, -0.25) is 0 Å². The van der Waals surface area contributed by atoms with Crippen LogP contribution in [0.4, 0.5) is 0 Å². The zero-order valence-electron chi connectivity index (χ0n) is 31.1. The van der Waals surface area contributed by atoms with Crippen molar-refractivity contribution in [1.29, 1.82) is 0 Å². The minimum atomic E-state index is 0.170. The van der Waals surface area contributed by atoms with Gasteiger partial charge in [-0.05, 0) is 69.1 Å². The summed E-state index contributed by atoms with van der Waals surface area (Å²) in [5, 5.41) is 2.25. The highest BCUT2D eigenvalue weighted by Gasteiger charge is 2.29. The largest absolute Gasteiger partial charge is 0.456 e. The van der Waals surface area contributed by atoms with Crippen molar-refractivity contribution < 1.29 is 4.42 Å². The van der Waals surface area contributed by atoms with Gasteiger partial charge in [0, 0.05) is 38.9 Å². The first-order valence-corrected chi connectivity index (χ1v) is 19.6. The van der Waals surface area contributed by atoms with Crippen LogP contribution >= 0.6 is 0 Å². The van der Waals surface area contributed by atoms with Gasteiger partial charge >= 0.3 is 0 Å². The molecule has 268 valence electrons. The number of nitrogens with zero attached hydrogens (tertiary/aromatic N) is 2. The Labute approximate surface area is 331 Å². The molecule has 0 spiro atoms. The lowest BCUT2D eigenvalue weighted by atomic mass is 9.75. The molecule has 0 radical (unpaired) electrons. The van der Waals surface area contributed by atoms with E-state index in [1.807, 2.05) is 36.4 Å². The van der Waals surface area contributed by atoms with E-state index in [0.717, 1.165) is 78.7 Å². The van der Waals surface area contributed by atoms with Crippen molar-refractivity contribution in [3.8, 4) is 67.3 Å². The number of benzene rings is 8. The van der Waals surface area contributed by atoms with E-state index in [0.29, 0.717) is 5.82 Å². The normalized spacial score (nSPS) is 13.4. The molecule has 0 unspecified atom stereocenters. The maximum atomic E-state index is 7.05. The van der Waals surface area contributed by atoms with Crippen LogP contribution in [0.5, 0.6) is 0 Å². The second-order valence-electron chi connectivity index (χ2n) is 14.9. The van der Waals surface area contributed by atoms with E-state index >= 15 is 0 Å². The molecule has 8 aromatic carbocycles. The Morgan fingerprint density at radius 2 is 0.982 bits per heavy atom. The standard InChI is InChI=1S/C54H36N2O/c1-4-15-35(16-5-1)41-32-47(36-27-29-39(30-28-36)54-55-49(37-17-6-2-7-18-37)34-50(56-54)38-19-8-3-9-20-38)52-46-26-14-25-45(53(46)57-51(52)33-41)48-31-40-21-10-11-22-42(40)43-23-12-13-24-44(43)48/h1-30,32-34,48H,31H2/t48-/m1/s1. The van der Waals surface area contributed by atoms with E-state index in [2.05, 4.69) is 164 Å². The van der Waals surface area contributed by atoms with Crippen LogP contribution in [-0.4, -0.2) is 9.97 Å². The van der Waals surface area contributed by atoms with Crippen molar-refractivity contribution in [2.45, 2.75) is 12.3 Å². The number of hydrogen-bond acceptors (Lipinski definition) is 3. The van der Waals surface area contributed by atoms with Gasteiger partial charge in [0.15, 0.2) is 5.82 Å². The van der Waals surface area contributed by atoms with Crippen molar-refractivity contribution >= 4 is 21.9 Å². The fourth-order valence-corrected chi connectivity index (χ4v) is 8.75. The summed E-state index contributed by atoms with van der Waals surface area (Å²) in [6.07, 6.45) is 0.923. The second-order valence-corrected chi connectivity index (χ2v) is 14.9. The molecule has 1 atom stereocenters. The molecule has 2 heterocycles. The Kier molecular flexibility index (Phi) is 7.96. The first-order chi connectivity index (χ1) is 28.2. The average molecular weight is 729 g/mol. The number of rotatable bonds is 6. The average Bonchev–Trinajstić information content (AvgIpc) is 3.68. The first-order valence-electron chi connectivity index (χ1n) is 19.6. The highest BCUT2D eigenvalue weighted by Crippen LogP contribution is 2.47. The van der Waals surface area contributed by atoms with Crippen LogP contribution < -0.4 is 0 Å². The van der Waals surface area contributed by atoms with Gasteiger partial charge in [-0.15, -0.1) is 0 Å². The number of para-hydroxylation sites is 1. The molecule has 3 heteroatoms. The molecule has 10 aromatic rings. The summed E-state index contributed by atoms with van der Waals surface area (Å²) >= 11 is 0. The highest BCUT2D eigenvalue weighted by atomic mass is 16.3. The van der Waals surface area contributed by atoms with Crippen molar-refractivity contribution in [2.24, 2.45) is 0 Å². The Balaban J connectivity index is 1.07. The Morgan fingerprint density at radius 3 is 1.68 bits per heavy atom. The number of aromatic nitrogens is 2. The van der Waals surface area contributed by atoms with E-state index in [4.69, 9.17) is 14.4 Å². The maximum absolute atomic E-state index is 7.05. The molecule has 1 aliphatic rings. The Hall–Kier alpha value is -7.36. The number of hydrogen-bond donors (Lipinski definition) is 0. The zero-order chi connectivity index (χ0) is 37.7. The fourth-order valence-electron chi connectivity index (χ4n) is 8.75. The number of furan rings is 1. The summed E-state index contributed by atoms with van der Waals surface area (Å²) in [6, 6.07) is 71.0. The van der Waals surface area contributed by atoms with Gasteiger partial charge in [-0.2, -0.15) is 0 Å². The monoisotopic (exact) mass is 728 g/mol. The molecule has 1 aliphatic carbocycles. The van der Waals surface area contributed by atoms with Gasteiger partial charge in [0.25, 0.3) is 0 Å². The van der Waals surface area contributed by atoms with Crippen molar-refractivity contribution in [1.82, 2.24) is 9.97 Å². The van der Waals surface area contributed by atoms with Crippen LogP contribution in [0, 0.1) is 0 Å². The van der Waals surface area contributed by atoms with Gasteiger partial charge in [0.1, 0.15) is 11.2 Å². The summed E-state index contributed by atoms with van der Waals surface area (Å²) in [5.74, 6) is 0.863. The number of fused-ring (bicyclic) bond motifs is 6. The van der Waals surface area contributed by atoms with Gasteiger partial charge in [-0.25, -0.2) is 9.97 Å². The van der Waals surface area contributed by atoms with E-state index in [1.165, 1.54) is 27.8 Å². The van der Waals surface area contributed by atoms with Gasteiger partial charge in [-0.1, -0.05) is 182 Å². The summed E-state index contributed by atoms with van der Waals surface area (Å²) in [4.78, 5) is 10.2. The molecule has 3 nitrogen and oxygen atoms in total. The lowest BCUT2D eigenvalue weighted by Gasteiger charge is -2.28. The quantitative estimate of drug-likeness (QED) is 0.171. The fraction of sp³-hybridized carbons (Fsp3) is 0.0370. The maximum Gasteiger partial charge on any atom is 0.160 e. The van der Waals surface area contributed by atoms with Crippen LogP contribution in [-0.2, 0) is 6.42 Å². The molecule has 0 saturated heterocycles. The SMILES string of the molecule is c1ccc(-c2cc(-c3ccc(-c4nc(-c5ccccc5)cc(-c5ccccc5)n4)cc3)c3c(c2)oc2c([C@@H]4Cc5ccccc5-c5ccccc54)cccc23)cc1. The molecule has 11 rings (SSSR count). The molecule has 57 heavy (non-hydrogen) atoms. The minimum absolute atomic E-state index is 0.170. The van der Waals surface area contributed by atoms with E-state index in [1.54, 1.807) is 0 Å². The third-order valence-electron chi connectivity index (χ3n) is 11.5. The third kappa shape index (κ3) is 5.84. The third-order valence-corrected chi connectivity index (χ3v) is 11.5. The summed E-state index contributed by atoms with van der Waals surface area (Å²) in [5.41, 5.74) is 17.8. The van der Waals surface area contributed by atoms with Gasteiger partial charge in [0.2, 0.25) is 0 Å². The van der Waals surface area contributed by atoms with E-state index < -0.39 is 0 Å². The van der Waals surface area contributed by atoms with Gasteiger partial charge in [0.05, 0.1) is 11.4 Å². The molecule has 0 bridgehead atoms. The van der Waals surface area contributed by atoms with Crippen molar-refractivity contribution in [3.63, 3.8) is 0 Å². The zero-order valence-corrected chi connectivity index (χ0v) is 31.1. The highest BCUT2D eigenvalue weighted by molar-refractivity contribution is 6.14. The predicted octanol–water partition coefficient (Wildman–Crippen LogP) is 14.1. The summed E-state index contributed by atoms with van der Waals surface area (Å²) in [7, 11) is 0. The van der Waals surface area contributed by atoms with Crippen LogP contribution in [0.3, 0.4) is 0 Å². The van der Waals surface area contributed by atoms with E-state index in [9.17, 15) is 0 Å². The summed E-state index contributed by atoms with van der Waals surface area (Å²) in [6.45, 7) is 0. The lowest BCUT2D eigenvalue weighted by molar-refractivity contribution is 0.654. The predicted molar refractivity (Wildman–Crippen MR) is 234 cm³/mol. The van der Waals surface area contributed by atoms with Crippen molar-refractivity contribution in [3.05, 3.63) is 217 Å².